The summed E-state index contributed by atoms with van der Waals surface area (Å²) in [6.07, 6.45) is 0.482. The molecular formula is C13H18N2O5S. The molecule has 116 valence electrons. The minimum Gasteiger partial charge on any atom is -0.468 e. The molecule has 0 radical (unpaired) electrons. The Bertz CT molecular complexity index is 501. The molecule has 0 saturated heterocycles. The first-order chi connectivity index (χ1) is 9.94. The van der Waals surface area contributed by atoms with E-state index in [1.165, 1.54) is 7.11 Å². The lowest BCUT2D eigenvalue weighted by Crippen LogP contribution is -2.35. The monoisotopic (exact) mass is 314 g/mol. The van der Waals surface area contributed by atoms with E-state index in [2.05, 4.69) is 9.98 Å². The van der Waals surface area contributed by atoms with Crippen LogP contribution in [0.5, 0.6) is 0 Å². The first-order valence-electron chi connectivity index (χ1n) is 6.53. The topological polar surface area (TPSA) is 94.4 Å². The standard InChI is InChI=1S/C13H18N2O5S/c1-5-8(11(16)19-4)21-10-9(12(17)20-6-2)7(3)14-13(18)15-10/h8-9H,5-6H2,1-4H3. The molecule has 0 aliphatic carbocycles. The Kier molecular flexibility index (Phi) is 6.54. The molecule has 1 aliphatic rings. The fourth-order valence-corrected chi connectivity index (χ4v) is 2.93. The molecule has 2 atom stereocenters. The van der Waals surface area contributed by atoms with Crippen LogP contribution >= 0.6 is 11.8 Å². The van der Waals surface area contributed by atoms with Gasteiger partial charge in [-0.1, -0.05) is 18.7 Å². The van der Waals surface area contributed by atoms with Gasteiger partial charge in [-0.3, -0.25) is 9.59 Å². The molecule has 1 heterocycles. The second-order valence-corrected chi connectivity index (χ2v) is 5.43. The summed E-state index contributed by atoms with van der Waals surface area (Å²) in [4.78, 5) is 42.6. The highest BCUT2D eigenvalue weighted by Crippen LogP contribution is 2.27. The maximum absolute atomic E-state index is 12.0. The quantitative estimate of drug-likeness (QED) is 0.719. The normalized spacial score (nSPS) is 19.4. The lowest BCUT2D eigenvalue weighted by Gasteiger charge is -2.22. The summed E-state index contributed by atoms with van der Waals surface area (Å²) in [5.41, 5.74) is 0.315. The van der Waals surface area contributed by atoms with Crippen molar-refractivity contribution in [1.82, 2.24) is 0 Å². The molecular weight excluding hydrogens is 296 g/mol. The summed E-state index contributed by atoms with van der Waals surface area (Å²) < 4.78 is 9.67. The number of ether oxygens (including phenoxy) is 2. The van der Waals surface area contributed by atoms with E-state index in [4.69, 9.17) is 9.47 Å². The third kappa shape index (κ3) is 4.38. The Morgan fingerprint density at radius 1 is 1.33 bits per heavy atom. The number of urea groups is 1. The molecule has 0 spiro atoms. The van der Waals surface area contributed by atoms with Crippen molar-refractivity contribution < 1.29 is 23.9 Å². The third-order valence-electron chi connectivity index (χ3n) is 2.76. The SMILES string of the molecule is CCOC(=O)C1C(C)=NC(=O)N=C1SC(CC)C(=O)OC. The van der Waals surface area contributed by atoms with E-state index in [0.717, 1.165) is 11.8 Å². The lowest BCUT2D eigenvalue weighted by atomic mass is 10.1. The van der Waals surface area contributed by atoms with E-state index >= 15 is 0 Å². The van der Waals surface area contributed by atoms with Gasteiger partial charge in [0.2, 0.25) is 0 Å². The van der Waals surface area contributed by atoms with Gasteiger partial charge in [0.15, 0.2) is 0 Å². The van der Waals surface area contributed by atoms with Gasteiger partial charge >= 0.3 is 18.0 Å². The van der Waals surface area contributed by atoms with E-state index in [1.807, 2.05) is 0 Å². The molecule has 0 saturated carbocycles. The molecule has 0 aromatic carbocycles. The molecule has 1 rings (SSSR count). The largest absolute Gasteiger partial charge is 0.468 e. The van der Waals surface area contributed by atoms with Crippen molar-refractivity contribution in [3.63, 3.8) is 0 Å². The second kappa shape index (κ2) is 7.92. The van der Waals surface area contributed by atoms with Crippen LogP contribution in [0.15, 0.2) is 9.98 Å². The van der Waals surface area contributed by atoms with E-state index in [9.17, 15) is 14.4 Å². The van der Waals surface area contributed by atoms with E-state index in [-0.39, 0.29) is 11.7 Å². The molecule has 0 N–H and O–H groups in total. The molecule has 0 aromatic heterocycles. The first-order valence-corrected chi connectivity index (χ1v) is 7.41. The highest BCUT2D eigenvalue weighted by atomic mass is 32.2. The molecule has 2 unspecified atom stereocenters. The zero-order valence-corrected chi connectivity index (χ0v) is 13.2. The number of carbonyl (C=O) groups excluding carboxylic acids is 3. The van der Waals surface area contributed by atoms with Crippen LogP contribution < -0.4 is 0 Å². The molecule has 0 aromatic rings. The number of rotatable bonds is 5. The van der Waals surface area contributed by atoms with Gasteiger partial charge in [-0.15, -0.1) is 0 Å². The van der Waals surface area contributed by atoms with Crippen LogP contribution in [0.2, 0.25) is 0 Å². The average molecular weight is 314 g/mol. The van der Waals surface area contributed by atoms with Crippen molar-refractivity contribution in [3.05, 3.63) is 0 Å². The van der Waals surface area contributed by atoms with Gasteiger partial charge in [0.05, 0.1) is 18.8 Å². The molecule has 2 amide bonds. The van der Waals surface area contributed by atoms with Gasteiger partial charge in [-0.2, -0.15) is 9.98 Å². The van der Waals surface area contributed by atoms with Gasteiger partial charge < -0.3 is 9.47 Å². The lowest BCUT2D eigenvalue weighted by molar-refractivity contribution is -0.143. The van der Waals surface area contributed by atoms with E-state index < -0.39 is 29.1 Å². The number of esters is 2. The Labute approximate surface area is 127 Å². The van der Waals surface area contributed by atoms with Crippen molar-refractivity contribution >= 4 is 40.5 Å². The van der Waals surface area contributed by atoms with Gasteiger partial charge in [0.25, 0.3) is 0 Å². The summed E-state index contributed by atoms with van der Waals surface area (Å²) in [6.45, 7) is 5.27. The first kappa shape index (κ1) is 17.4. The van der Waals surface area contributed by atoms with Crippen LogP contribution in [0.1, 0.15) is 27.2 Å². The Morgan fingerprint density at radius 2 is 2.00 bits per heavy atom. The third-order valence-corrected chi connectivity index (χ3v) is 4.14. The number of amides is 2. The van der Waals surface area contributed by atoms with E-state index in [0.29, 0.717) is 12.1 Å². The number of thioether (sulfide) groups is 1. The van der Waals surface area contributed by atoms with Crippen LogP contribution in [0.4, 0.5) is 4.79 Å². The van der Waals surface area contributed by atoms with E-state index in [1.54, 1.807) is 20.8 Å². The highest BCUT2D eigenvalue weighted by Gasteiger charge is 2.36. The molecule has 0 bridgehead atoms. The van der Waals surface area contributed by atoms with Crippen molar-refractivity contribution in [3.8, 4) is 0 Å². The molecule has 8 heteroatoms. The second-order valence-electron chi connectivity index (χ2n) is 4.21. The predicted molar refractivity (Wildman–Crippen MR) is 79.7 cm³/mol. The number of hydrogen-bond donors (Lipinski definition) is 0. The molecule has 21 heavy (non-hydrogen) atoms. The highest BCUT2D eigenvalue weighted by molar-refractivity contribution is 8.15. The van der Waals surface area contributed by atoms with Crippen molar-refractivity contribution in [2.24, 2.45) is 15.9 Å². The zero-order chi connectivity index (χ0) is 16.0. The number of carbonyl (C=O) groups is 3. The van der Waals surface area contributed by atoms with Crippen LogP contribution in [0.3, 0.4) is 0 Å². The maximum Gasteiger partial charge on any atom is 0.367 e. The Hall–Kier alpha value is -1.70. The van der Waals surface area contributed by atoms with Crippen LogP contribution in [0.25, 0.3) is 0 Å². The van der Waals surface area contributed by atoms with Crippen molar-refractivity contribution in [1.29, 1.82) is 0 Å². The summed E-state index contributed by atoms with van der Waals surface area (Å²) in [7, 11) is 1.29. The van der Waals surface area contributed by atoms with Crippen molar-refractivity contribution in [2.45, 2.75) is 32.4 Å². The van der Waals surface area contributed by atoms with Gasteiger partial charge in [0, 0.05) is 5.71 Å². The average Bonchev–Trinajstić information content (AvgIpc) is 2.43. The molecule has 7 nitrogen and oxygen atoms in total. The van der Waals surface area contributed by atoms with Gasteiger partial charge in [-0.25, -0.2) is 4.79 Å². The Balaban J connectivity index is 3.01. The summed E-state index contributed by atoms with van der Waals surface area (Å²) in [6, 6.07) is -0.685. The predicted octanol–water partition coefficient (Wildman–Crippen LogP) is 1.84. The fraction of sp³-hybridized carbons (Fsp3) is 0.615. The summed E-state index contributed by atoms with van der Waals surface area (Å²) in [5, 5.41) is -0.312. The fourth-order valence-electron chi connectivity index (χ4n) is 1.74. The molecule has 1 aliphatic heterocycles. The van der Waals surface area contributed by atoms with Crippen LogP contribution in [-0.2, 0) is 19.1 Å². The van der Waals surface area contributed by atoms with Crippen LogP contribution in [0, 0.1) is 5.92 Å². The molecule has 0 fully saturated rings. The minimum absolute atomic E-state index is 0.211. The summed E-state index contributed by atoms with van der Waals surface area (Å²) in [5.74, 6) is -1.80. The maximum atomic E-state index is 12.0. The van der Waals surface area contributed by atoms with Crippen molar-refractivity contribution in [2.75, 3.05) is 13.7 Å². The van der Waals surface area contributed by atoms with Crippen LogP contribution in [-0.4, -0.2) is 47.7 Å². The number of aliphatic imine (C=N–C) groups is 2. The van der Waals surface area contributed by atoms with Gasteiger partial charge in [0.1, 0.15) is 11.2 Å². The minimum atomic E-state index is -0.841. The van der Waals surface area contributed by atoms with Gasteiger partial charge in [-0.05, 0) is 20.3 Å². The smallest absolute Gasteiger partial charge is 0.367 e. The Morgan fingerprint density at radius 3 is 2.52 bits per heavy atom. The number of nitrogens with zero attached hydrogens (tertiary/aromatic N) is 2. The number of hydrogen-bond acceptors (Lipinski definition) is 6. The summed E-state index contributed by atoms with van der Waals surface area (Å²) >= 11 is 1.04. The number of methoxy groups -OCH3 is 1. The zero-order valence-electron chi connectivity index (χ0n) is 12.4.